The number of hydrogen-bond acceptors (Lipinski definition) is 4. The minimum absolute atomic E-state index is 0.557. The van der Waals surface area contributed by atoms with Gasteiger partial charge in [-0.1, -0.05) is 6.07 Å². The number of rotatable bonds is 2. The first-order valence-electron chi connectivity index (χ1n) is 5.48. The summed E-state index contributed by atoms with van der Waals surface area (Å²) >= 11 is 0. The molecule has 2 rings (SSSR count). The molecule has 5 heteroatoms. The summed E-state index contributed by atoms with van der Waals surface area (Å²) < 4.78 is 11.1. The van der Waals surface area contributed by atoms with E-state index in [-0.39, 0.29) is 0 Å². The molecule has 1 aromatic rings. The molecule has 1 heterocycles. The first-order chi connectivity index (χ1) is 8.11. The zero-order valence-corrected chi connectivity index (χ0v) is 9.60. The van der Waals surface area contributed by atoms with Crippen LogP contribution in [0.25, 0.3) is 0 Å². The quantitative estimate of drug-likeness (QED) is 0.808. The predicted octanol–water partition coefficient (Wildman–Crippen LogP) is 1.24. The lowest BCUT2D eigenvalue weighted by Gasteiger charge is -2.16. The van der Waals surface area contributed by atoms with Gasteiger partial charge in [-0.25, -0.2) is 0 Å². The average molecular weight is 237 g/mol. The molecule has 0 amide bonds. The van der Waals surface area contributed by atoms with E-state index >= 15 is 0 Å². The zero-order valence-electron chi connectivity index (χ0n) is 9.60. The number of carbonyl (C=O) groups is 1. The molecule has 0 aliphatic carbocycles. The SMILES string of the molecule is Cc1c(C(N)C(=O)O)ccc2c1OCCCO2. The summed E-state index contributed by atoms with van der Waals surface area (Å²) in [6, 6.07) is 2.36. The van der Waals surface area contributed by atoms with Crippen LogP contribution in [-0.4, -0.2) is 24.3 Å². The van der Waals surface area contributed by atoms with E-state index in [1.807, 2.05) is 0 Å². The molecule has 1 aliphatic rings. The molecule has 0 radical (unpaired) electrons. The number of benzene rings is 1. The predicted molar refractivity (Wildman–Crippen MR) is 61.4 cm³/mol. The highest BCUT2D eigenvalue weighted by molar-refractivity contribution is 5.76. The van der Waals surface area contributed by atoms with Crippen LogP contribution in [-0.2, 0) is 4.79 Å². The molecule has 1 aromatic carbocycles. The Kier molecular flexibility index (Phi) is 3.19. The lowest BCUT2D eigenvalue weighted by atomic mass is 10.0. The Morgan fingerprint density at radius 3 is 2.82 bits per heavy atom. The second-order valence-corrected chi connectivity index (χ2v) is 3.97. The lowest BCUT2D eigenvalue weighted by molar-refractivity contribution is -0.138. The fourth-order valence-electron chi connectivity index (χ4n) is 1.86. The van der Waals surface area contributed by atoms with Gasteiger partial charge in [0, 0.05) is 12.0 Å². The number of nitrogens with two attached hydrogens (primary N) is 1. The second kappa shape index (κ2) is 4.63. The van der Waals surface area contributed by atoms with E-state index in [0.717, 1.165) is 12.0 Å². The molecule has 1 unspecified atom stereocenters. The molecule has 0 fully saturated rings. The van der Waals surface area contributed by atoms with Gasteiger partial charge in [0.1, 0.15) is 6.04 Å². The van der Waals surface area contributed by atoms with E-state index < -0.39 is 12.0 Å². The molecule has 17 heavy (non-hydrogen) atoms. The summed E-state index contributed by atoms with van der Waals surface area (Å²) in [4.78, 5) is 10.9. The van der Waals surface area contributed by atoms with Crippen molar-refractivity contribution in [1.82, 2.24) is 0 Å². The number of aliphatic carboxylic acids is 1. The number of ether oxygens (including phenoxy) is 2. The Morgan fingerprint density at radius 1 is 1.41 bits per heavy atom. The van der Waals surface area contributed by atoms with Crippen molar-refractivity contribution in [3.63, 3.8) is 0 Å². The van der Waals surface area contributed by atoms with Crippen molar-refractivity contribution >= 4 is 5.97 Å². The van der Waals surface area contributed by atoms with Crippen molar-refractivity contribution < 1.29 is 19.4 Å². The Morgan fingerprint density at radius 2 is 2.12 bits per heavy atom. The molecule has 0 saturated heterocycles. The average Bonchev–Trinajstić information content (AvgIpc) is 2.54. The van der Waals surface area contributed by atoms with Crippen LogP contribution in [0.2, 0.25) is 0 Å². The third kappa shape index (κ3) is 2.19. The number of carboxylic acid groups (broad SMARTS) is 1. The van der Waals surface area contributed by atoms with Crippen LogP contribution < -0.4 is 15.2 Å². The summed E-state index contributed by atoms with van der Waals surface area (Å²) in [5, 5.41) is 8.92. The van der Waals surface area contributed by atoms with Gasteiger partial charge in [0.2, 0.25) is 0 Å². The smallest absolute Gasteiger partial charge is 0.325 e. The van der Waals surface area contributed by atoms with E-state index in [2.05, 4.69) is 0 Å². The summed E-state index contributed by atoms with van der Waals surface area (Å²) in [5.41, 5.74) is 6.91. The van der Waals surface area contributed by atoms with Crippen LogP contribution in [0.15, 0.2) is 12.1 Å². The molecule has 0 saturated carbocycles. The van der Waals surface area contributed by atoms with Crippen molar-refractivity contribution in [3.8, 4) is 11.5 Å². The van der Waals surface area contributed by atoms with Crippen LogP contribution in [0, 0.1) is 6.92 Å². The minimum Gasteiger partial charge on any atom is -0.490 e. The maximum atomic E-state index is 10.9. The normalized spacial score (nSPS) is 16.1. The van der Waals surface area contributed by atoms with Gasteiger partial charge in [-0.05, 0) is 18.6 Å². The van der Waals surface area contributed by atoms with Gasteiger partial charge in [0.25, 0.3) is 0 Å². The third-order valence-electron chi connectivity index (χ3n) is 2.81. The van der Waals surface area contributed by atoms with Gasteiger partial charge in [-0.2, -0.15) is 0 Å². The Hall–Kier alpha value is -1.75. The van der Waals surface area contributed by atoms with Gasteiger partial charge in [-0.15, -0.1) is 0 Å². The van der Waals surface area contributed by atoms with Crippen molar-refractivity contribution in [1.29, 1.82) is 0 Å². The van der Waals surface area contributed by atoms with E-state index in [1.54, 1.807) is 19.1 Å². The Balaban J connectivity index is 2.44. The number of fused-ring (bicyclic) bond motifs is 1. The first-order valence-corrected chi connectivity index (χ1v) is 5.48. The zero-order chi connectivity index (χ0) is 12.4. The number of carboxylic acids is 1. The van der Waals surface area contributed by atoms with Gasteiger partial charge in [0.15, 0.2) is 11.5 Å². The molecule has 0 bridgehead atoms. The summed E-state index contributed by atoms with van der Waals surface area (Å²) in [6.45, 7) is 2.97. The van der Waals surface area contributed by atoms with E-state index in [4.69, 9.17) is 20.3 Å². The number of hydrogen-bond donors (Lipinski definition) is 2. The monoisotopic (exact) mass is 237 g/mol. The molecule has 92 valence electrons. The standard InChI is InChI=1S/C12H15NO4/c1-7-8(10(13)12(14)15)3-4-9-11(7)17-6-2-5-16-9/h3-4,10H,2,5-6,13H2,1H3,(H,14,15). The van der Waals surface area contributed by atoms with Crippen molar-refractivity contribution in [2.75, 3.05) is 13.2 Å². The lowest BCUT2D eigenvalue weighted by Crippen LogP contribution is -2.21. The highest BCUT2D eigenvalue weighted by Gasteiger charge is 2.22. The fourth-order valence-corrected chi connectivity index (χ4v) is 1.86. The second-order valence-electron chi connectivity index (χ2n) is 3.97. The summed E-state index contributed by atoms with van der Waals surface area (Å²) in [5.74, 6) is 0.209. The van der Waals surface area contributed by atoms with E-state index in [1.165, 1.54) is 0 Å². The molecular formula is C12H15NO4. The molecule has 0 aromatic heterocycles. The maximum absolute atomic E-state index is 10.9. The highest BCUT2D eigenvalue weighted by atomic mass is 16.5. The van der Waals surface area contributed by atoms with Crippen LogP contribution in [0.1, 0.15) is 23.6 Å². The van der Waals surface area contributed by atoms with Gasteiger partial charge in [0.05, 0.1) is 13.2 Å². The molecular weight excluding hydrogens is 222 g/mol. The van der Waals surface area contributed by atoms with Gasteiger partial charge in [-0.3, -0.25) is 4.79 Å². The van der Waals surface area contributed by atoms with Crippen molar-refractivity contribution in [2.24, 2.45) is 5.73 Å². The third-order valence-corrected chi connectivity index (χ3v) is 2.81. The van der Waals surface area contributed by atoms with Crippen LogP contribution in [0.4, 0.5) is 0 Å². The fraction of sp³-hybridized carbons (Fsp3) is 0.417. The van der Waals surface area contributed by atoms with Crippen LogP contribution in [0.3, 0.4) is 0 Å². The molecule has 1 atom stereocenters. The Bertz CT molecular complexity index is 444. The van der Waals surface area contributed by atoms with Gasteiger partial charge < -0.3 is 20.3 Å². The van der Waals surface area contributed by atoms with E-state index in [9.17, 15) is 4.79 Å². The highest BCUT2D eigenvalue weighted by Crippen LogP contribution is 2.36. The van der Waals surface area contributed by atoms with Crippen molar-refractivity contribution in [2.45, 2.75) is 19.4 Å². The maximum Gasteiger partial charge on any atom is 0.325 e. The summed E-state index contributed by atoms with van der Waals surface area (Å²) in [7, 11) is 0. The topological polar surface area (TPSA) is 81.8 Å². The van der Waals surface area contributed by atoms with Crippen LogP contribution >= 0.6 is 0 Å². The van der Waals surface area contributed by atoms with Crippen LogP contribution in [0.5, 0.6) is 11.5 Å². The summed E-state index contributed by atoms with van der Waals surface area (Å²) in [6.07, 6.45) is 0.814. The molecule has 1 aliphatic heterocycles. The molecule has 3 N–H and O–H groups in total. The molecule has 5 nitrogen and oxygen atoms in total. The molecule has 0 spiro atoms. The van der Waals surface area contributed by atoms with Crippen molar-refractivity contribution in [3.05, 3.63) is 23.3 Å². The Labute approximate surface area is 99.1 Å². The largest absolute Gasteiger partial charge is 0.490 e. The minimum atomic E-state index is -1.05. The van der Waals surface area contributed by atoms with Gasteiger partial charge >= 0.3 is 5.97 Å². The first kappa shape index (κ1) is 11.7. The van der Waals surface area contributed by atoms with E-state index in [0.29, 0.717) is 30.3 Å².